The fraction of sp³-hybridized carbons (Fsp3) is 0.455. The smallest absolute Gasteiger partial charge is 0.335 e. The maximum Gasteiger partial charge on any atom is 0.335 e. The van der Waals surface area contributed by atoms with E-state index in [4.69, 9.17) is 14.0 Å². The maximum atomic E-state index is 10.7. The number of hydrogen-bond donors (Lipinski definition) is 2. The number of methoxy groups -OCH3 is 1. The van der Waals surface area contributed by atoms with E-state index in [0.717, 1.165) is 7.05 Å². The zero-order valence-corrected chi connectivity index (χ0v) is 11.5. The Labute approximate surface area is 112 Å². The molecule has 1 rings (SSSR count). The average Bonchev–Trinajstić information content (AvgIpc) is 2.35. The topological polar surface area (TPSA) is 96.3 Å². The SMILES string of the molecule is COc1cccc(OC[C@@H](O)CN(C)S(=O)(=O)O)c1. The number of hydrogen-bond acceptors (Lipinski definition) is 5. The van der Waals surface area contributed by atoms with Gasteiger partial charge in [0.15, 0.2) is 0 Å². The molecule has 7 nitrogen and oxygen atoms in total. The van der Waals surface area contributed by atoms with Crippen LogP contribution >= 0.6 is 0 Å². The summed E-state index contributed by atoms with van der Waals surface area (Å²) in [5.41, 5.74) is 0. The van der Waals surface area contributed by atoms with Gasteiger partial charge < -0.3 is 14.6 Å². The molecular weight excluding hydrogens is 274 g/mol. The van der Waals surface area contributed by atoms with E-state index in [2.05, 4.69) is 0 Å². The van der Waals surface area contributed by atoms with Crippen molar-refractivity contribution in [3.05, 3.63) is 24.3 Å². The van der Waals surface area contributed by atoms with Gasteiger partial charge in [-0.2, -0.15) is 12.7 Å². The molecule has 0 heterocycles. The lowest BCUT2D eigenvalue weighted by atomic mass is 10.3. The number of ether oxygens (including phenoxy) is 2. The fourth-order valence-corrected chi connectivity index (χ4v) is 1.69. The second kappa shape index (κ2) is 6.71. The Morgan fingerprint density at radius 1 is 1.37 bits per heavy atom. The van der Waals surface area contributed by atoms with Gasteiger partial charge in [-0.05, 0) is 12.1 Å². The molecule has 0 bridgehead atoms. The van der Waals surface area contributed by atoms with E-state index in [1.165, 1.54) is 7.11 Å². The van der Waals surface area contributed by atoms with Crippen LogP contribution in [0.25, 0.3) is 0 Å². The van der Waals surface area contributed by atoms with Crippen LogP contribution in [0.2, 0.25) is 0 Å². The molecule has 0 aromatic heterocycles. The second-order valence-corrected chi connectivity index (χ2v) is 5.42. The van der Waals surface area contributed by atoms with Crippen molar-refractivity contribution in [1.82, 2.24) is 4.31 Å². The summed E-state index contributed by atoms with van der Waals surface area (Å²) in [5.74, 6) is 1.11. The lowest BCUT2D eigenvalue weighted by Crippen LogP contribution is -2.36. The van der Waals surface area contributed by atoms with Gasteiger partial charge in [-0.25, -0.2) is 0 Å². The Bertz CT molecular complexity index is 504. The van der Waals surface area contributed by atoms with Crippen molar-refractivity contribution in [3.63, 3.8) is 0 Å². The maximum absolute atomic E-state index is 10.7. The average molecular weight is 291 g/mol. The van der Waals surface area contributed by atoms with Crippen LogP contribution in [0.4, 0.5) is 0 Å². The van der Waals surface area contributed by atoms with Gasteiger partial charge in [-0.15, -0.1) is 0 Å². The molecular formula is C11H17NO6S. The third-order valence-electron chi connectivity index (χ3n) is 2.35. The summed E-state index contributed by atoms with van der Waals surface area (Å²) in [6.45, 7) is -0.365. The van der Waals surface area contributed by atoms with Crippen LogP contribution < -0.4 is 9.47 Å². The van der Waals surface area contributed by atoms with E-state index in [9.17, 15) is 13.5 Å². The molecule has 8 heteroatoms. The summed E-state index contributed by atoms with van der Waals surface area (Å²) in [7, 11) is -1.61. The minimum absolute atomic E-state index is 0.104. The Kier molecular flexibility index (Phi) is 5.55. The van der Waals surface area contributed by atoms with Crippen molar-refractivity contribution in [3.8, 4) is 11.5 Å². The van der Waals surface area contributed by atoms with Crippen LogP contribution in [0.15, 0.2) is 24.3 Å². The van der Waals surface area contributed by atoms with Crippen molar-refractivity contribution in [2.75, 3.05) is 27.3 Å². The lowest BCUT2D eigenvalue weighted by Gasteiger charge is -2.17. The van der Waals surface area contributed by atoms with E-state index < -0.39 is 16.4 Å². The normalized spacial score (nSPS) is 13.3. The van der Waals surface area contributed by atoms with Gasteiger partial charge >= 0.3 is 10.3 Å². The van der Waals surface area contributed by atoms with Gasteiger partial charge in [-0.1, -0.05) is 6.07 Å². The van der Waals surface area contributed by atoms with E-state index in [-0.39, 0.29) is 13.2 Å². The van der Waals surface area contributed by atoms with Crippen molar-refractivity contribution >= 4 is 10.3 Å². The summed E-state index contributed by atoms with van der Waals surface area (Å²) in [6, 6.07) is 6.79. The van der Waals surface area contributed by atoms with Gasteiger partial charge in [0.2, 0.25) is 0 Å². The third kappa shape index (κ3) is 5.43. The molecule has 108 valence electrons. The highest BCUT2D eigenvalue weighted by atomic mass is 32.2. The highest BCUT2D eigenvalue weighted by Gasteiger charge is 2.18. The van der Waals surface area contributed by atoms with Crippen molar-refractivity contribution < 1.29 is 27.6 Å². The molecule has 1 aromatic rings. The molecule has 0 saturated heterocycles. The Morgan fingerprint density at radius 2 is 2.00 bits per heavy atom. The van der Waals surface area contributed by atoms with Crippen LogP contribution in [-0.2, 0) is 10.3 Å². The highest BCUT2D eigenvalue weighted by molar-refractivity contribution is 7.83. The van der Waals surface area contributed by atoms with Crippen LogP contribution in [-0.4, -0.2) is 55.8 Å². The van der Waals surface area contributed by atoms with Gasteiger partial charge in [-0.3, -0.25) is 4.55 Å². The predicted molar refractivity (Wildman–Crippen MR) is 68.7 cm³/mol. The van der Waals surface area contributed by atoms with Crippen molar-refractivity contribution in [1.29, 1.82) is 0 Å². The predicted octanol–water partition coefficient (Wildman–Crippen LogP) is 0.170. The van der Waals surface area contributed by atoms with E-state index in [1.54, 1.807) is 24.3 Å². The molecule has 0 radical (unpaired) electrons. The van der Waals surface area contributed by atoms with Gasteiger partial charge in [0, 0.05) is 19.7 Å². The number of likely N-dealkylation sites (N-methyl/N-ethyl adjacent to an activating group) is 1. The van der Waals surface area contributed by atoms with Gasteiger partial charge in [0.25, 0.3) is 0 Å². The summed E-state index contributed by atoms with van der Waals surface area (Å²) in [6.07, 6.45) is -1.06. The number of rotatable bonds is 7. The molecule has 0 aliphatic rings. The number of nitrogens with zero attached hydrogens (tertiary/aromatic N) is 1. The fourth-order valence-electron chi connectivity index (χ4n) is 1.33. The number of benzene rings is 1. The molecule has 0 aliphatic carbocycles. The Hall–Kier alpha value is -1.35. The first-order valence-electron chi connectivity index (χ1n) is 5.46. The minimum Gasteiger partial charge on any atom is -0.497 e. The zero-order chi connectivity index (χ0) is 14.5. The molecule has 0 spiro atoms. The van der Waals surface area contributed by atoms with Crippen molar-refractivity contribution in [2.24, 2.45) is 0 Å². The molecule has 19 heavy (non-hydrogen) atoms. The van der Waals surface area contributed by atoms with Crippen LogP contribution in [0.1, 0.15) is 0 Å². The van der Waals surface area contributed by atoms with Crippen LogP contribution in [0.3, 0.4) is 0 Å². The molecule has 0 amide bonds. The Morgan fingerprint density at radius 3 is 2.58 bits per heavy atom. The molecule has 0 unspecified atom stereocenters. The second-order valence-electron chi connectivity index (χ2n) is 3.90. The number of aliphatic hydroxyl groups excluding tert-OH is 1. The van der Waals surface area contributed by atoms with E-state index in [1.807, 2.05) is 0 Å². The lowest BCUT2D eigenvalue weighted by molar-refractivity contribution is 0.0917. The molecule has 2 N–H and O–H groups in total. The van der Waals surface area contributed by atoms with Crippen LogP contribution in [0.5, 0.6) is 11.5 Å². The van der Waals surface area contributed by atoms with E-state index >= 15 is 0 Å². The van der Waals surface area contributed by atoms with E-state index in [0.29, 0.717) is 15.8 Å². The summed E-state index contributed by atoms with van der Waals surface area (Å²) in [4.78, 5) is 0. The first-order chi connectivity index (χ1) is 8.82. The number of aliphatic hydroxyl groups is 1. The summed E-state index contributed by atoms with van der Waals surface area (Å²) >= 11 is 0. The Balaban J connectivity index is 2.48. The van der Waals surface area contributed by atoms with Gasteiger partial charge in [0.05, 0.1) is 7.11 Å². The largest absolute Gasteiger partial charge is 0.497 e. The molecule has 0 fully saturated rings. The first-order valence-corrected chi connectivity index (χ1v) is 6.86. The molecule has 0 aliphatic heterocycles. The quantitative estimate of drug-likeness (QED) is 0.695. The molecule has 1 aromatic carbocycles. The third-order valence-corrected chi connectivity index (χ3v) is 3.28. The van der Waals surface area contributed by atoms with Crippen molar-refractivity contribution in [2.45, 2.75) is 6.10 Å². The monoisotopic (exact) mass is 291 g/mol. The first kappa shape index (κ1) is 15.7. The molecule has 1 atom stereocenters. The molecule has 0 saturated carbocycles. The summed E-state index contributed by atoms with van der Waals surface area (Å²) in [5, 5.41) is 9.60. The highest BCUT2D eigenvalue weighted by Crippen LogP contribution is 2.18. The van der Waals surface area contributed by atoms with Crippen LogP contribution in [0, 0.1) is 0 Å². The summed E-state index contributed by atoms with van der Waals surface area (Å²) < 4.78 is 41.1. The standard InChI is InChI=1S/C11H17NO6S/c1-12(19(14,15)16)7-9(13)8-18-11-5-3-4-10(6-11)17-2/h3-6,9,13H,7-8H2,1-2H3,(H,14,15,16)/t9-/m0/s1. The minimum atomic E-state index is -4.29. The van der Waals surface area contributed by atoms with Gasteiger partial charge in [0.1, 0.15) is 24.2 Å². The zero-order valence-electron chi connectivity index (χ0n) is 10.7.